The summed E-state index contributed by atoms with van der Waals surface area (Å²) in [4.78, 5) is 6.48. The zero-order valence-corrected chi connectivity index (χ0v) is 15.2. The van der Waals surface area contributed by atoms with Crippen LogP contribution in [-0.4, -0.2) is 58.4 Å². The van der Waals surface area contributed by atoms with Gasteiger partial charge in [0.25, 0.3) is 6.43 Å². The fourth-order valence-electron chi connectivity index (χ4n) is 4.13. The maximum Gasteiger partial charge on any atom is 0.260 e. The number of piperidine rings is 1. The van der Waals surface area contributed by atoms with Gasteiger partial charge in [-0.2, -0.15) is 10.1 Å². The second kappa shape index (κ2) is 8.21. The zero-order valence-electron chi connectivity index (χ0n) is 15.2. The molecule has 1 aromatic carbocycles. The van der Waals surface area contributed by atoms with Crippen LogP contribution in [0.2, 0.25) is 0 Å². The maximum absolute atomic E-state index is 13.5. The Kier molecular flexibility index (Phi) is 5.52. The van der Waals surface area contributed by atoms with Crippen molar-refractivity contribution in [3.63, 3.8) is 0 Å². The van der Waals surface area contributed by atoms with Gasteiger partial charge in [0.1, 0.15) is 24.7 Å². The first-order valence-electron chi connectivity index (χ1n) is 9.55. The van der Waals surface area contributed by atoms with Gasteiger partial charge in [0.05, 0.1) is 0 Å². The molecule has 0 amide bonds. The molecule has 4 rings (SSSR count). The number of benzene rings is 1. The minimum absolute atomic E-state index is 0.00135. The van der Waals surface area contributed by atoms with Crippen LogP contribution in [0.1, 0.15) is 25.3 Å². The Labute approximate surface area is 157 Å². The Morgan fingerprint density at radius 2 is 2.11 bits per heavy atom. The molecule has 1 saturated heterocycles. The standard InChI is InChI=1S/C19H25F2N5O/c20-18(21)17-11-16(24-19-22-13-23-26(17)19)14-5-4-8-25(12-14)9-10-27-15-6-2-1-3-7-15/h1-3,6-7,13-14,16-18H,4-5,8-12H2,(H,22,23,24)/t14?,16-,17+/m0/s1. The van der Waals surface area contributed by atoms with E-state index in [1.54, 1.807) is 0 Å². The minimum atomic E-state index is -2.44. The smallest absolute Gasteiger partial charge is 0.260 e. The van der Waals surface area contributed by atoms with E-state index in [2.05, 4.69) is 20.3 Å². The van der Waals surface area contributed by atoms with E-state index in [1.165, 1.54) is 11.0 Å². The van der Waals surface area contributed by atoms with Crippen LogP contribution in [0.5, 0.6) is 5.75 Å². The molecule has 6 nitrogen and oxygen atoms in total. The van der Waals surface area contributed by atoms with Gasteiger partial charge in [0, 0.05) is 19.1 Å². The lowest BCUT2D eigenvalue weighted by Gasteiger charge is -2.40. The number of aromatic nitrogens is 3. The number of para-hydroxylation sites is 1. The van der Waals surface area contributed by atoms with Gasteiger partial charge in [-0.05, 0) is 43.9 Å². The molecule has 1 unspecified atom stereocenters. The molecule has 146 valence electrons. The number of anilines is 1. The lowest BCUT2D eigenvalue weighted by molar-refractivity contribution is 0.0546. The van der Waals surface area contributed by atoms with E-state index >= 15 is 0 Å². The molecule has 27 heavy (non-hydrogen) atoms. The van der Waals surface area contributed by atoms with Crippen molar-refractivity contribution in [1.82, 2.24) is 19.7 Å². The van der Waals surface area contributed by atoms with E-state index in [0.717, 1.165) is 38.2 Å². The van der Waals surface area contributed by atoms with Crippen LogP contribution < -0.4 is 10.1 Å². The predicted molar refractivity (Wildman–Crippen MR) is 98.2 cm³/mol. The summed E-state index contributed by atoms with van der Waals surface area (Å²) >= 11 is 0. The summed E-state index contributed by atoms with van der Waals surface area (Å²) in [6.45, 7) is 3.38. The van der Waals surface area contributed by atoms with Gasteiger partial charge < -0.3 is 10.1 Å². The first kappa shape index (κ1) is 18.2. The van der Waals surface area contributed by atoms with Gasteiger partial charge in [-0.3, -0.25) is 4.90 Å². The first-order chi connectivity index (χ1) is 13.2. The molecule has 1 fully saturated rings. The topological polar surface area (TPSA) is 55.2 Å². The molecular weight excluding hydrogens is 352 g/mol. The number of fused-ring (bicyclic) bond motifs is 1. The number of likely N-dealkylation sites (tertiary alicyclic amines) is 1. The number of nitrogens with one attached hydrogen (secondary N) is 1. The summed E-state index contributed by atoms with van der Waals surface area (Å²) in [5.41, 5.74) is 0. The molecule has 8 heteroatoms. The van der Waals surface area contributed by atoms with E-state index in [1.807, 2.05) is 30.3 Å². The molecule has 0 aliphatic carbocycles. The SMILES string of the molecule is FC(F)[C@H]1C[C@@H](C2CCCN(CCOc3ccccc3)C2)Nc2ncnn21. The first-order valence-corrected chi connectivity index (χ1v) is 9.55. The Bertz CT molecular complexity index is 726. The quantitative estimate of drug-likeness (QED) is 0.839. The average molecular weight is 377 g/mol. The van der Waals surface area contributed by atoms with E-state index in [4.69, 9.17) is 4.74 Å². The predicted octanol–water partition coefficient (Wildman–Crippen LogP) is 3.06. The van der Waals surface area contributed by atoms with Crippen LogP contribution in [0.25, 0.3) is 0 Å². The van der Waals surface area contributed by atoms with Crippen LogP contribution in [0.3, 0.4) is 0 Å². The van der Waals surface area contributed by atoms with E-state index < -0.39 is 12.5 Å². The normalized spacial score (nSPS) is 25.8. The molecule has 2 aromatic rings. The molecule has 0 saturated carbocycles. The number of halogens is 2. The number of hydrogen-bond acceptors (Lipinski definition) is 5. The van der Waals surface area contributed by atoms with Gasteiger partial charge in [-0.1, -0.05) is 18.2 Å². The molecule has 3 heterocycles. The van der Waals surface area contributed by atoms with Gasteiger partial charge in [-0.15, -0.1) is 0 Å². The molecule has 0 bridgehead atoms. The number of nitrogens with zero attached hydrogens (tertiary/aromatic N) is 4. The maximum atomic E-state index is 13.5. The van der Waals surface area contributed by atoms with Crippen molar-refractivity contribution in [1.29, 1.82) is 0 Å². The van der Waals surface area contributed by atoms with Crippen molar-refractivity contribution in [2.75, 3.05) is 31.6 Å². The molecule has 0 radical (unpaired) electrons. The molecular formula is C19H25F2N5O. The summed E-state index contributed by atoms with van der Waals surface area (Å²) < 4.78 is 34.1. The Balaban J connectivity index is 1.33. The highest BCUT2D eigenvalue weighted by molar-refractivity contribution is 5.29. The average Bonchev–Trinajstić information content (AvgIpc) is 3.17. The molecule has 2 aliphatic rings. The van der Waals surface area contributed by atoms with Crippen molar-refractivity contribution in [2.24, 2.45) is 5.92 Å². The van der Waals surface area contributed by atoms with E-state index in [-0.39, 0.29) is 6.04 Å². The summed E-state index contributed by atoms with van der Waals surface area (Å²) in [6, 6.07) is 8.88. The van der Waals surface area contributed by atoms with Crippen LogP contribution >= 0.6 is 0 Å². The second-order valence-electron chi connectivity index (χ2n) is 7.28. The lowest BCUT2D eigenvalue weighted by Crippen LogP contribution is -2.47. The van der Waals surface area contributed by atoms with E-state index in [9.17, 15) is 8.78 Å². The van der Waals surface area contributed by atoms with Crippen LogP contribution in [0.4, 0.5) is 14.7 Å². The summed E-state index contributed by atoms with van der Waals surface area (Å²) in [5.74, 6) is 1.65. The third-order valence-electron chi connectivity index (χ3n) is 5.52. The highest BCUT2D eigenvalue weighted by Crippen LogP contribution is 2.34. The third-order valence-corrected chi connectivity index (χ3v) is 5.52. The van der Waals surface area contributed by atoms with Crippen LogP contribution in [0, 0.1) is 5.92 Å². The molecule has 3 atom stereocenters. The second-order valence-corrected chi connectivity index (χ2v) is 7.28. The van der Waals surface area contributed by atoms with Gasteiger partial charge in [-0.25, -0.2) is 13.5 Å². The van der Waals surface area contributed by atoms with Crippen molar-refractivity contribution >= 4 is 5.95 Å². The van der Waals surface area contributed by atoms with Crippen molar-refractivity contribution in [3.05, 3.63) is 36.7 Å². The number of rotatable bonds is 6. The van der Waals surface area contributed by atoms with Crippen molar-refractivity contribution in [2.45, 2.75) is 37.8 Å². The Morgan fingerprint density at radius 3 is 2.93 bits per heavy atom. The minimum Gasteiger partial charge on any atom is -0.492 e. The lowest BCUT2D eigenvalue weighted by atomic mass is 9.86. The molecule has 0 spiro atoms. The third kappa shape index (κ3) is 4.21. The summed E-state index contributed by atoms with van der Waals surface area (Å²) in [5, 5.41) is 7.29. The molecule has 1 N–H and O–H groups in total. The number of hydrogen-bond donors (Lipinski definition) is 1. The number of alkyl halides is 2. The fourth-order valence-corrected chi connectivity index (χ4v) is 4.13. The molecule has 1 aromatic heterocycles. The van der Waals surface area contributed by atoms with Gasteiger partial charge in [0.15, 0.2) is 0 Å². The summed E-state index contributed by atoms with van der Waals surface area (Å²) in [7, 11) is 0. The van der Waals surface area contributed by atoms with Crippen LogP contribution in [-0.2, 0) is 0 Å². The van der Waals surface area contributed by atoms with Crippen molar-refractivity contribution < 1.29 is 13.5 Å². The highest BCUT2D eigenvalue weighted by atomic mass is 19.3. The van der Waals surface area contributed by atoms with Gasteiger partial charge in [0.2, 0.25) is 5.95 Å². The Morgan fingerprint density at radius 1 is 1.26 bits per heavy atom. The fraction of sp³-hybridized carbons (Fsp3) is 0.579. The number of ether oxygens (including phenoxy) is 1. The largest absolute Gasteiger partial charge is 0.492 e. The van der Waals surface area contributed by atoms with E-state index in [0.29, 0.717) is 24.9 Å². The Hall–Kier alpha value is -2.22. The molecule has 2 aliphatic heterocycles. The summed E-state index contributed by atoms with van der Waals surface area (Å²) in [6.07, 6.45) is 1.40. The van der Waals surface area contributed by atoms with Crippen LogP contribution in [0.15, 0.2) is 36.7 Å². The zero-order chi connectivity index (χ0) is 18.6. The highest BCUT2D eigenvalue weighted by Gasteiger charge is 2.38. The monoisotopic (exact) mass is 377 g/mol. The van der Waals surface area contributed by atoms with Crippen molar-refractivity contribution in [3.8, 4) is 5.75 Å². The van der Waals surface area contributed by atoms with Gasteiger partial charge >= 0.3 is 0 Å².